The fraction of sp³-hybridized carbons (Fsp3) is 0.360. The van der Waals surface area contributed by atoms with Crippen LogP contribution in [-0.2, 0) is 11.2 Å². The summed E-state index contributed by atoms with van der Waals surface area (Å²) in [4.78, 5) is 25.0. The summed E-state index contributed by atoms with van der Waals surface area (Å²) in [6.45, 7) is 8.97. The van der Waals surface area contributed by atoms with Crippen LogP contribution in [0.15, 0.2) is 66.2 Å². The van der Waals surface area contributed by atoms with Crippen molar-refractivity contribution >= 4 is 17.5 Å². The molecule has 1 aliphatic rings. The summed E-state index contributed by atoms with van der Waals surface area (Å²) in [6, 6.07) is 17.1. The van der Waals surface area contributed by atoms with E-state index in [1.807, 2.05) is 30.3 Å². The molecule has 152 valence electrons. The van der Waals surface area contributed by atoms with E-state index in [1.165, 1.54) is 11.1 Å². The van der Waals surface area contributed by atoms with E-state index < -0.39 is 0 Å². The monoisotopic (exact) mass is 390 g/mol. The van der Waals surface area contributed by atoms with Crippen molar-refractivity contribution in [3.63, 3.8) is 0 Å². The number of amides is 2. The summed E-state index contributed by atoms with van der Waals surface area (Å²) in [5, 5.41) is 5.93. The molecule has 4 heteroatoms. The Morgan fingerprint density at radius 1 is 1.00 bits per heavy atom. The predicted molar refractivity (Wildman–Crippen MR) is 118 cm³/mol. The summed E-state index contributed by atoms with van der Waals surface area (Å²) in [7, 11) is 0. The van der Waals surface area contributed by atoms with Crippen molar-refractivity contribution in [2.75, 3.05) is 11.9 Å². The second-order valence-electron chi connectivity index (χ2n) is 8.63. The lowest BCUT2D eigenvalue weighted by Crippen LogP contribution is -2.25. The van der Waals surface area contributed by atoms with Gasteiger partial charge in [0.2, 0.25) is 5.91 Å². The first-order chi connectivity index (χ1) is 13.8. The van der Waals surface area contributed by atoms with Gasteiger partial charge in [0, 0.05) is 17.8 Å². The number of allylic oxidation sites excluding steroid dienone is 2. The highest BCUT2D eigenvalue weighted by Crippen LogP contribution is 2.59. The SMILES string of the molecule is CC(C)=C[C@H]1[C@H](C(=O)Nc2ccc(C(=O)NCCc3ccccc3)cc2)C1(C)C. The molecule has 0 aromatic heterocycles. The van der Waals surface area contributed by atoms with Crippen LogP contribution in [0.2, 0.25) is 0 Å². The maximum Gasteiger partial charge on any atom is 0.251 e. The lowest BCUT2D eigenvalue weighted by molar-refractivity contribution is -0.118. The van der Waals surface area contributed by atoms with Crippen LogP contribution >= 0.6 is 0 Å². The molecule has 0 heterocycles. The van der Waals surface area contributed by atoms with Crippen molar-refractivity contribution in [3.8, 4) is 0 Å². The Kier molecular flexibility index (Phi) is 6.21. The van der Waals surface area contributed by atoms with Crippen LogP contribution in [-0.4, -0.2) is 18.4 Å². The smallest absolute Gasteiger partial charge is 0.251 e. The minimum Gasteiger partial charge on any atom is -0.352 e. The van der Waals surface area contributed by atoms with Gasteiger partial charge in [0.05, 0.1) is 5.92 Å². The van der Waals surface area contributed by atoms with Gasteiger partial charge in [0.25, 0.3) is 5.91 Å². The Balaban J connectivity index is 1.51. The maximum atomic E-state index is 12.7. The first-order valence-electron chi connectivity index (χ1n) is 10.2. The number of anilines is 1. The second kappa shape index (κ2) is 8.64. The van der Waals surface area contributed by atoms with Crippen LogP contribution in [0.5, 0.6) is 0 Å². The summed E-state index contributed by atoms with van der Waals surface area (Å²) in [5.74, 6) is 0.198. The fourth-order valence-corrected chi connectivity index (χ4v) is 3.84. The van der Waals surface area contributed by atoms with Gasteiger partial charge in [0.1, 0.15) is 0 Å². The van der Waals surface area contributed by atoms with Crippen LogP contribution in [0.4, 0.5) is 5.69 Å². The van der Waals surface area contributed by atoms with E-state index in [4.69, 9.17) is 0 Å². The van der Waals surface area contributed by atoms with Crippen LogP contribution in [0.1, 0.15) is 43.6 Å². The van der Waals surface area contributed by atoms with Crippen LogP contribution in [0.3, 0.4) is 0 Å². The van der Waals surface area contributed by atoms with Gasteiger partial charge in [-0.15, -0.1) is 0 Å². The van der Waals surface area contributed by atoms with Crippen molar-refractivity contribution in [2.45, 2.75) is 34.1 Å². The Labute approximate surface area is 173 Å². The average Bonchev–Trinajstić information content (AvgIpc) is 3.22. The first-order valence-corrected chi connectivity index (χ1v) is 10.2. The summed E-state index contributed by atoms with van der Waals surface area (Å²) < 4.78 is 0. The molecule has 2 aromatic carbocycles. The van der Waals surface area contributed by atoms with Gasteiger partial charge in [-0.05, 0) is 61.4 Å². The van der Waals surface area contributed by atoms with Crippen LogP contribution < -0.4 is 10.6 Å². The van der Waals surface area contributed by atoms with Gasteiger partial charge >= 0.3 is 0 Å². The molecule has 0 radical (unpaired) electrons. The molecule has 29 heavy (non-hydrogen) atoms. The molecule has 2 N–H and O–H groups in total. The van der Waals surface area contributed by atoms with Crippen molar-refractivity contribution < 1.29 is 9.59 Å². The second-order valence-corrected chi connectivity index (χ2v) is 8.63. The van der Waals surface area contributed by atoms with Crippen molar-refractivity contribution in [1.82, 2.24) is 5.32 Å². The predicted octanol–water partition coefficient (Wildman–Crippen LogP) is 4.84. The standard InChI is InChI=1S/C25H30N2O2/c1-17(2)16-21-22(25(21,3)4)24(29)27-20-12-10-19(11-13-20)23(28)26-15-14-18-8-6-5-7-9-18/h5-13,16,21-22H,14-15H2,1-4H3,(H,26,28)(H,27,29)/t21-,22+/m0/s1. The van der Waals surface area contributed by atoms with E-state index >= 15 is 0 Å². The number of hydrogen-bond donors (Lipinski definition) is 2. The number of rotatable bonds is 7. The summed E-state index contributed by atoms with van der Waals surface area (Å²) in [5.41, 5.74) is 3.72. The Morgan fingerprint density at radius 3 is 2.28 bits per heavy atom. The van der Waals surface area contributed by atoms with Crippen LogP contribution in [0, 0.1) is 17.3 Å². The quantitative estimate of drug-likeness (QED) is 0.665. The molecule has 1 fully saturated rings. The Morgan fingerprint density at radius 2 is 1.66 bits per heavy atom. The molecule has 2 amide bonds. The molecular formula is C25H30N2O2. The highest BCUT2D eigenvalue weighted by molar-refractivity contribution is 5.97. The lowest BCUT2D eigenvalue weighted by atomic mass is 10.1. The fourth-order valence-electron chi connectivity index (χ4n) is 3.84. The summed E-state index contributed by atoms with van der Waals surface area (Å²) >= 11 is 0. The number of carbonyl (C=O) groups is 2. The number of carbonyl (C=O) groups excluding carboxylic acids is 2. The van der Waals surface area contributed by atoms with Crippen LogP contribution in [0.25, 0.3) is 0 Å². The first kappa shape index (κ1) is 20.8. The van der Waals surface area contributed by atoms with E-state index in [0.29, 0.717) is 12.1 Å². The largest absolute Gasteiger partial charge is 0.352 e. The van der Waals surface area contributed by atoms with Crippen molar-refractivity contribution in [3.05, 3.63) is 77.4 Å². The van der Waals surface area contributed by atoms with E-state index in [1.54, 1.807) is 24.3 Å². The van der Waals surface area contributed by atoms with Gasteiger partial charge in [-0.25, -0.2) is 0 Å². The number of benzene rings is 2. The van der Waals surface area contributed by atoms with E-state index in [-0.39, 0.29) is 29.1 Å². The molecule has 2 atom stereocenters. The maximum absolute atomic E-state index is 12.7. The molecule has 0 spiro atoms. The van der Waals surface area contributed by atoms with Gasteiger partial charge < -0.3 is 10.6 Å². The topological polar surface area (TPSA) is 58.2 Å². The van der Waals surface area contributed by atoms with Crippen molar-refractivity contribution in [1.29, 1.82) is 0 Å². The van der Waals surface area contributed by atoms with E-state index in [0.717, 1.165) is 12.1 Å². The third-order valence-corrected chi connectivity index (χ3v) is 5.66. The third-order valence-electron chi connectivity index (χ3n) is 5.66. The number of hydrogen-bond acceptors (Lipinski definition) is 2. The Bertz CT molecular complexity index is 894. The minimum absolute atomic E-state index is 0.0140. The highest BCUT2D eigenvalue weighted by Gasteiger charge is 2.60. The third kappa shape index (κ3) is 5.14. The van der Waals surface area contributed by atoms with E-state index in [9.17, 15) is 9.59 Å². The molecule has 0 saturated heterocycles. The molecule has 1 aliphatic carbocycles. The average molecular weight is 391 g/mol. The zero-order valence-electron chi connectivity index (χ0n) is 17.7. The molecule has 0 unspecified atom stereocenters. The normalized spacial score (nSPS) is 19.2. The summed E-state index contributed by atoms with van der Waals surface area (Å²) in [6.07, 6.45) is 2.98. The van der Waals surface area contributed by atoms with E-state index in [2.05, 4.69) is 44.4 Å². The molecule has 1 saturated carbocycles. The molecule has 4 nitrogen and oxygen atoms in total. The van der Waals surface area contributed by atoms with Gasteiger partial charge in [-0.2, -0.15) is 0 Å². The highest BCUT2D eigenvalue weighted by atomic mass is 16.2. The zero-order chi connectivity index (χ0) is 21.0. The van der Waals surface area contributed by atoms with Crippen molar-refractivity contribution in [2.24, 2.45) is 17.3 Å². The van der Waals surface area contributed by atoms with Gasteiger partial charge in [-0.1, -0.05) is 55.8 Å². The number of nitrogens with one attached hydrogen (secondary N) is 2. The molecule has 0 aliphatic heterocycles. The molecule has 2 aromatic rings. The Hall–Kier alpha value is -2.88. The molecule has 3 rings (SSSR count). The van der Waals surface area contributed by atoms with Gasteiger partial charge in [0.15, 0.2) is 0 Å². The molecular weight excluding hydrogens is 360 g/mol. The minimum atomic E-state index is -0.106. The molecule has 0 bridgehead atoms. The lowest BCUT2D eigenvalue weighted by Gasteiger charge is -2.08. The van der Waals surface area contributed by atoms with Gasteiger partial charge in [-0.3, -0.25) is 9.59 Å². The zero-order valence-corrected chi connectivity index (χ0v) is 17.7.